The number of fused-ring (bicyclic) bond motifs is 2. The predicted octanol–water partition coefficient (Wildman–Crippen LogP) is 0.924. The summed E-state index contributed by atoms with van der Waals surface area (Å²) in [5.41, 5.74) is 0. The fraction of sp³-hybridized carbons (Fsp3) is 0.714. The van der Waals surface area contributed by atoms with Crippen LogP contribution < -0.4 is 5.32 Å². The molecule has 0 aromatic carbocycles. The molecule has 8 heavy (non-hydrogen) atoms. The lowest BCUT2D eigenvalue weighted by molar-refractivity contribution is 0.363. The van der Waals surface area contributed by atoms with Gasteiger partial charge in [-0.1, -0.05) is 12.2 Å². The van der Waals surface area contributed by atoms with Crippen molar-refractivity contribution in [1.29, 1.82) is 0 Å². The molecule has 0 spiro atoms. The molecule has 0 aromatic heterocycles. The van der Waals surface area contributed by atoms with Crippen molar-refractivity contribution in [1.82, 2.24) is 5.32 Å². The molecule has 2 heterocycles. The van der Waals surface area contributed by atoms with Crippen molar-refractivity contribution in [2.45, 2.75) is 18.9 Å². The summed E-state index contributed by atoms with van der Waals surface area (Å²) in [6.07, 6.45) is 7.43. The largest absolute Gasteiger partial charge is 0.310 e. The topological polar surface area (TPSA) is 12.0 Å². The van der Waals surface area contributed by atoms with Crippen LogP contribution in [0.3, 0.4) is 0 Å². The van der Waals surface area contributed by atoms with Gasteiger partial charge in [-0.05, 0) is 18.8 Å². The molecule has 3 aliphatic rings. The van der Waals surface area contributed by atoms with Gasteiger partial charge in [-0.3, -0.25) is 0 Å². The SMILES string of the molecule is C1=C[C@H]2CC[C@H]1CN2. The van der Waals surface area contributed by atoms with Crippen molar-refractivity contribution in [3.8, 4) is 0 Å². The van der Waals surface area contributed by atoms with Gasteiger partial charge >= 0.3 is 0 Å². The summed E-state index contributed by atoms with van der Waals surface area (Å²) >= 11 is 0. The van der Waals surface area contributed by atoms with Crippen molar-refractivity contribution < 1.29 is 0 Å². The van der Waals surface area contributed by atoms with E-state index in [4.69, 9.17) is 0 Å². The quantitative estimate of drug-likeness (QED) is 0.456. The lowest BCUT2D eigenvalue weighted by Crippen LogP contribution is -2.40. The summed E-state index contributed by atoms with van der Waals surface area (Å²) in [4.78, 5) is 0. The average molecular weight is 109 g/mol. The molecule has 0 radical (unpaired) electrons. The summed E-state index contributed by atoms with van der Waals surface area (Å²) in [6.45, 7) is 1.22. The molecular weight excluding hydrogens is 98.1 g/mol. The molecule has 0 amide bonds. The minimum absolute atomic E-state index is 0.722. The Balaban J connectivity index is 2.20. The summed E-state index contributed by atoms with van der Waals surface area (Å²) in [5.74, 6) is 0.861. The third-order valence-electron chi connectivity index (χ3n) is 2.11. The van der Waals surface area contributed by atoms with Gasteiger partial charge in [-0.25, -0.2) is 0 Å². The van der Waals surface area contributed by atoms with E-state index in [-0.39, 0.29) is 0 Å². The second-order valence-corrected chi connectivity index (χ2v) is 2.74. The monoisotopic (exact) mass is 109 g/mol. The van der Waals surface area contributed by atoms with Crippen LogP contribution >= 0.6 is 0 Å². The average Bonchev–Trinajstić information content (AvgIpc) is 1.92. The Labute approximate surface area is 49.8 Å². The van der Waals surface area contributed by atoms with Crippen LogP contribution in [0.1, 0.15) is 12.8 Å². The van der Waals surface area contributed by atoms with Crippen LogP contribution in [0.2, 0.25) is 0 Å². The van der Waals surface area contributed by atoms with E-state index >= 15 is 0 Å². The molecule has 0 unspecified atom stereocenters. The standard InChI is InChI=1S/C7H11N/c1-3-7-4-2-6(1)5-8-7/h1,3,6-8H,2,4-5H2/t6-,7-/m0/s1. The second-order valence-electron chi connectivity index (χ2n) is 2.74. The maximum Gasteiger partial charge on any atom is 0.0250 e. The Bertz CT molecular complexity index is 95.6. The van der Waals surface area contributed by atoms with E-state index < -0.39 is 0 Å². The van der Waals surface area contributed by atoms with E-state index in [0.29, 0.717) is 0 Å². The van der Waals surface area contributed by atoms with E-state index in [1.807, 2.05) is 0 Å². The summed E-state index contributed by atoms with van der Waals surface area (Å²) in [6, 6.07) is 0.722. The van der Waals surface area contributed by atoms with Crippen molar-refractivity contribution in [3.63, 3.8) is 0 Å². The van der Waals surface area contributed by atoms with E-state index in [1.165, 1.54) is 19.4 Å². The van der Waals surface area contributed by atoms with Crippen molar-refractivity contribution in [2.75, 3.05) is 6.54 Å². The molecule has 0 aromatic rings. The molecule has 1 aliphatic carbocycles. The van der Waals surface area contributed by atoms with Crippen molar-refractivity contribution >= 4 is 0 Å². The summed E-state index contributed by atoms with van der Waals surface area (Å²) < 4.78 is 0. The lowest BCUT2D eigenvalue weighted by atomic mass is 9.88. The Morgan fingerprint density at radius 2 is 2.25 bits per heavy atom. The smallest absolute Gasteiger partial charge is 0.0250 e. The zero-order chi connectivity index (χ0) is 5.40. The van der Waals surface area contributed by atoms with Gasteiger partial charge < -0.3 is 5.32 Å². The third kappa shape index (κ3) is 0.583. The van der Waals surface area contributed by atoms with Gasteiger partial charge in [0.25, 0.3) is 0 Å². The van der Waals surface area contributed by atoms with Crippen LogP contribution in [0.4, 0.5) is 0 Å². The minimum Gasteiger partial charge on any atom is -0.310 e. The fourth-order valence-corrected chi connectivity index (χ4v) is 1.52. The fourth-order valence-electron chi connectivity index (χ4n) is 1.52. The second kappa shape index (κ2) is 1.59. The lowest BCUT2D eigenvalue weighted by Gasteiger charge is -2.31. The van der Waals surface area contributed by atoms with Crippen LogP contribution in [-0.2, 0) is 0 Å². The highest BCUT2D eigenvalue weighted by Crippen LogP contribution is 2.21. The van der Waals surface area contributed by atoms with Crippen LogP contribution in [0.5, 0.6) is 0 Å². The molecule has 1 nitrogen and oxygen atoms in total. The zero-order valence-corrected chi connectivity index (χ0v) is 4.93. The Morgan fingerprint density at radius 3 is 2.38 bits per heavy atom. The predicted molar refractivity (Wildman–Crippen MR) is 33.7 cm³/mol. The number of rotatable bonds is 0. The molecule has 1 heteroatoms. The molecule has 2 bridgehead atoms. The molecule has 2 aliphatic heterocycles. The first-order valence-electron chi connectivity index (χ1n) is 3.37. The van der Waals surface area contributed by atoms with Crippen molar-refractivity contribution in [2.24, 2.45) is 5.92 Å². The van der Waals surface area contributed by atoms with Gasteiger partial charge in [-0.15, -0.1) is 0 Å². The normalized spacial score (nSPS) is 43.0. The molecule has 2 atom stereocenters. The molecule has 3 rings (SSSR count). The van der Waals surface area contributed by atoms with Crippen LogP contribution in [0, 0.1) is 5.92 Å². The van der Waals surface area contributed by atoms with Gasteiger partial charge in [0.15, 0.2) is 0 Å². The minimum atomic E-state index is 0.722. The molecular formula is C7H11N. The van der Waals surface area contributed by atoms with E-state index in [9.17, 15) is 0 Å². The molecule has 1 fully saturated rings. The van der Waals surface area contributed by atoms with Gasteiger partial charge in [0.2, 0.25) is 0 Å². The van der Waals surface area contributed by atoms with E-state index in [2.05, 4.69) is 17.5 Å². The maximum atomic E-state index is 3.43. The number of piperidine rings is 1. The number of hydrogen-bond acceptors (Lipinski definition) is 1. The first-order valence-corrected chi connectivity index (χ1v) is 3.37. The maximum absolute atomic E-state index is 3.43. The van der Waals surface area contributed by atoms with E-state index in [1.54, 1.807) is 0 Å². The summed E-state index contributed by atoms with van der Waals surface area (Å²) in [5, 5.41) is 3.43. The highest BCUT2D eigenvalue weighted by molar-refractivity contribution is 5.06. The zero-order valence-electron chi connectivity index (χ0n) is 4.93. The summed E-state index contributed by atoms with van der Waals surface area (Å²) in [7, 11) is 0. The molecule has 1 N–H and O–H groups in total. The molecule has 44 valence electrons. The molecule has 0 saturated carbocycles. The Kier molecular flexibility index (Phi) is 0.908. The van der Waals surface area contributed by atoms with Crippen molar-refractivity contribution in [3.05, 3.63) is 12.2 Å². The Morgan fingerprint density at radius 1 is 1.25 bits per heavy atom. The van der Waals surface area contributed by atoms with Gasteiger partial charge in [-0.2, -0.15) is 0 Å². The first kappa shape index (κ1) is 4.57. The Hall–Kier alpha value is -0.300. The van der Waals surface area contributed by atoms with Gasteiger partial charge in [0, 0.05) is 12.6 Å². The molecule has 1 saturated heterocycles. The highest BCUT2D eigenvalue weighted by Gasteiger charge is 2.20. The van der Waals surface area contributed by atoms with Crippen LogP contribution in [0.25, 0.3) is 0 Å². The van der Waals surface area contributed by atoms with Gasteiger partial charge in [0.1, 0.15) is 0 Å². The number of nitrogens with one attached hydrogen (secondary N) is 1. The van der Waals surface area contributed by atoms with Gasteiger partial charge in [0.05, 0.1) is 0 Å². The third-order valence-corrected chi connectivity index (χ3v) is 2.11. The van der Waals surface area contributed by atoms with Crippen LogP contribution in [-0.4, -0.2) is 12.6 Å². The van der Waals surface area contributed by atoms with E-state index in [0.717, 1.165) is 12.0 Å². The highest BCUT2D eigenvalue weighted by atomic mass is 14.9. The van der Waals surface area contributed by atoms with Crippen LogP contribution in [0.15, 0.2) is 12.2 Å². The number of hydrogen-bond donors (Lipinski definition) is 1. The first-order chi connectivity index (χ1) is 3.95.